The Hall–Kier alpha value is -4.79. The molecule has 0 saturated heterocycles. The van der Waals surface area contributed by atoms with Gasteiger partial charge in [-0.05, 0) is 93.1 Å². The maximum Gasteiger partial charge on any atom is 0.598 e. The molecule has 342 valence electrons. The first-order chi connectivity index (χ1) is 31.1. The summed E-state index contributed by atoms with van der Waals surface area (Å²) in [7, 11) is 2.70. The number of hydrogen-bond donors (Lipinski definition) is 1. The van der Waals surface area contributed by atoms with E-state index in [0.717, 1.165) is 85.3 Å². The molecule has 0 radical (unpaired) electrons. The van der Waals surface area contributed by atoms with Crippen LogP contribution in [0.1, 0.15) is 82.1 Å². The highest BCUT2D eigenvalue weighted by atomic mass is 32.2. The standard InChI is InChI=1S/C52H57F3N3O4S3/c1-50(2,47-38-20-9-7-18-36(38)25-28-44(47)56-32-13-16-35-64(60)62-6)31-17-24-42-40-22-11-12-23-41(40)43(49(42)57(5)65(61)52(53,54)55)27-30-46-51(3,4)48-39-21-10-8-19-37(39)26-29-45(48)58(46)33-14-15-34-63-59/h7-12,17-30,56H,13-16,31-35H2,1-6H3/q+1/b24-17+,43-27+,46-30+. The molecule has 1 heterocycles. The zero-order valence-corrected chi connectivity index (χ0v) is 40.2. The molecule has 5 aromatic carbocycles. The highest BCUT2D eigenvalue weighted by Gasteiger charge is 2.51. The van der Waals surface area contributed by atoms with Gasteiger partial charge in [0, 0.05) is 63.1 Å². The summed E-state index contributed by atoms with van der Waals surface area (Å²) in [6, 6.07) is 32.6. The third kappa shape index (κ3) is 10.1. The van der Waals surface area contributed by atoms with Gasteiger partial charge in [0.15, 0.2) is 22.4 Å². The Morgan fingerprint density at radius 3 is 2.25 bits per heavy atom. The van der Waals surface area contributed by atoms with Crippen LogP contribution in [0.2, 0.25) is 0 Å². The van der Waals surface area contributed by atoms with Crippen molar-refractivity contribution in [2.45, 2.75) is 76.1 Å². The Balaban J connectivity index is 1.31. The summed E-state index contributed by atoms with van der Waals surface area (Å²) in [5.74, 6) is 0.971. The van der Waals surface area contributed by atoms with Crippen molar-refractivity contribution in [3.8, 4) is 0 Å². The number of anilines is 2. The summed E-state index contributed by atoms with van der Waals surface area (Å²) in [4.78, 5) is 2.29. The third-order valence-corrected chi connectivity index (χ3v) is 15.1. The average Bonchev–Trinajstić information content (AvgIpc) is 3.72. The number of likely N-dealkylation sites (N-methyl/N-ethyl adjacent to an activating group) is 1. The lowest BCUT2D eigenvalue weighted by molar-refractivity contribution is -0.0473. The molecule has 2 atom stereocenters. The first kappa shape index (κ1) is 48.2. The van der Waals surface area contributed by atoms with Gasteiger partial charge in [-0.1, -0.05) is 131 Å². The molecule has 7 rings (SSSR count). The van der Waals surface area contributed by atoms with Crippen LogP contribution in [-0.4, -0.2) is 57.3 Å². The summed E-state index contributed by atoms with van der Waals surface area (Å²) in [5, 5.41) is 8.08. The van der Waals surface area contributed by atoms with Crippen molar-refractivity contribution in [2.75, 3.05) is 49.0 Å². The number of hydrogen-bond acceptors (Lipinski definition) is 7. The minimum Gasteiger partial charge on any atom is -0.585 e. The van der Waals surface area contributed by atoms with Gasteiger partial charge in [0.25, 0.3) is 0 Å². The van der Waals surface area contributed by atoms with Crippen LogP contribution < -0.4 is 10.2 Å². The number of unbranched alkanes of at least 4 members (excludes halogenated alkanes) is 2. The lowest BCUT2D eigenvalue weighted by Gasteiger charge is -2.29. The van der Waals surface area contributed by atoms with E-state index in [9.17, 15) is 26.1 Å². The zero-order chi connectivity index (χ0) is 46.5. The van der Waals surface area contributed by atoms with E-state index < -0.39 is 38.8 Å². The minimum atomic E-state index is -5.00. The van der Waals surface area contributed by atoms with Crippen molar-refractivity contribution < 1.29 is 30.3 Å². The molecule has 0 amide bonds. The predicted octanol–water partition coefficient (Wildman–Crippen LogP) is 12.5. The fourth-order valence-electron chi connectivity index (χ4n) is 9.51. The van der Waals surface area contributed by atoms with Gasteiger partial charge in [-0.2, -0.15) is 4.31 Å². The van der Waals surface area contributed by atoms with Gasteiger partial charge in [-0.25, -0.2) is 4.21 Å². The van der Waals surface area contributed by atoms with Crippen molar-refractivity contribution >= 4 is 78.2 Å². The smallest absolute Gasteiger partial charge is 0.585 e. The highest BCUT2D eigenvalue weighted by molar-refractivity contribution is 7.90. The molecule has 1 aliphatic carbocycles. The number of fused-ring (bicyclic) bond motifs is 5. The first-order valence-electron chi connectivity index (χ1n) is 22.0. The fraction of sp³-hybridized carbons (Fsp3) is 0.346. The maximum absolute atomic E-state index is 14.5. The molecule has 65 heavy (non-hydrogen) atoms. The SMILES string of the molecule is COS(=O)CCCCNc1ccc2ccccc2c1C(C)(C)C/C=C/C1=C(N(C)[S+]([O-])C(F)(F)F)C(=C/C=C2/N(CCCC[S+]=O)c3ccc4ccccc4c3C2(C)C)/c2ccccc21. The van der Waals surface area contributed by atoms with Crippen LogP contribution in [0.15, 0.2) is 133 Å². The molecule has 5 aromatic rings. The number of rotatable bonds is 19. The van der Waals surface area contributed by atoms with Crippen molar-refractivity contribution in [1.82, 2.24) is 4.31 Å². The molecule has 0 bridgehead atoms. The second-order valence-electron chi connectivity index (χ2n) is 17.6. The number of halogens is 3. The molecular weight excluding hydrogens is 884 g/mol. The number of nitrogens with one attached hydrogen (secondary N) is 1. The van der Waals surface area contributed by atoms with Crippen molar-refractivity contribution in [2.24, 2.45) is 0 Å². The van der Waals surface area contributed by atoms with Gasteiger partial charge in [-0.15, -0.1) is 13.2 Å². The Labute approximate surface area is 391 Å². The lowest BCUT2D eigenvalue weighted by atomic mass is 9.77. The van der Waals surface area contributed by atoms with E-state index in [4.69, 9.17) is 4.18 Å². The molecule has 0 spiro atoms. The van der Waals surface area contributed by atoms with Crippen LogP contribution in [0.25, 0.3) is 32.7 Å². The molecule has 2 unspecified atom stereocenters. The molecule has 13 heteroatoms. The van der Waals surface area contributed by atoms with Gasteiger partial charge in [-0.3, -0.25) is 4.18 Å². The summed E-state index contributed by atoms with van der Waals surface area (Å²) in [5.41, 5.74) is 2.23. The molecule has 1 N–H and O–H groups in total. The second kappa shape index (κ2) is 20.4. The van der Waals surface area contributed by atoms with Gasteiger partial charge in [0.2, 0.25) is 5.75 Å². The predicted molar refractivity (Wildman–Crippen MR) is 266 cm³/mol. The molecular formula is C52H57F3N3O4S3+. The third-order valence-electron chi connectivity index (χ3n) is 12.6. The quantitative estimate of drug-likeness (QED) is 0.0652. The lowest BCUT2D eigenvalue weighted by Crippen LogP contribution is -2.37. The van der Waals surface area contributed by atoms with E-state index in [1.54, 1.807) is 0 Å². The van der Waals surface area contributed by atoms with Crippen molar-refractivity contribution in [1.29, 1.82) is 0 Å². The Morgan fingerprint density at radius 2 is 1.54 bits per heavy atom. The van der Waals surface area contributed by atoms with E-state index >= 15 is 0 Å². The van der Waals surface area contributed by atoms with Crippen molar-refractivity contribution in [3.63, 3.8) is 0 Å². The van der Waals surface area contributed by atoms with Crippen LogP contribution in [0.4, 0.5) is 24.5 Å². The van der Waals surface area contributed by atoms with Crippen LogP contribution in [-0.2, 0) is 53.3 Å². The van der Waals surface area contributed by atoms with Gasteiger partial charge in [0.1, 0.15) is 5.70 Å². The molecule has 2 aliphatic rings. The van der Waals surface area contributed by atoms with Gasteiger partial charge < -0.3 is 14.8 Å². The van der Waals surface area contributed by atoms with Crippen LogP contribution in [0.5, 0.6) is 0 Å². The topological polar surface area (TPSA) is 84.9 Å². The monoisotopic (exact) mass is 940 g/mol. The number of benzene rings is 5. The number of nitrogens with zero attached hydrogens (tertiary/aromatic N) is 2. The summed E-state index contributed by atoms with van der Waals surface area (Å²) >= 11 is -4.07. The Kier molecular flexibility index (Phi) is 15.1. The second-order valence-corrected chi connectivity index (χ2v) is 21.1. The summed E-state index contributed by atoms with van der Waals surface area (Å²) in [6.45, 7) is 10.0. The maximum atomic E-state index is 14.5. The highest BCUT2D eigenvalue weighted by Crippen LogP contribution is 2.52. The van der Waals surface area contributed by atoms with E-state index in [1.807, 2.05) is 72.8 Å². The zero-order valence-electron chi connectivity index (χ0n) is 37.8. The van der Waals surface area contributed by atoms with E-state index in [2.05, 4.69) is 86.4 Å². The summed E-state index contributed by atoms with van der Waals surface area (Å²) < 4.78 is 85.6. The normalized spacial score (nSPS) is 17.1. The number of alkyl halides is 3. The molecule has 0 aromatic heterocycles. The average molecular weight is 941 g/mol. The van der Waals surface area contributed by atoms with E-state index in [1.165, 1.54) is 19.7 Å². The minimum absolute atomic E-state index is 0.229. The van der Waals surface area contributed by atoms with Gasteiger partial charge >= 0.3 is 17.2 Å². The molecule has 0 saturated carbocycles. The number of allylic oxidation sites excluding steroid dienone is 7. The van der Waals surface area contributed by atoms with Gasteiger partial charge in [0.05, 0.1) is 14.2 Å². The Morgan fingerprint density at radius 1 is 0.877 bits per heavy atom. The molecule has 7 nitrogen and oxygen atoms in total. The van der Waals surface area contributed by atoms with Crippen LogP contribution >= 0.6 is 0 Å². The van der Waals surface area contributed by atoms with Crippen LogP contribution in [0.3, 0.4) is 0 Å². The van der Waals surface area contributed by atoms with E-state index in [-0.39, 0.29) is 5.70 Å². The molecule has 1 aliphatic heterocycles. The van der Waals surface area contributed by atoms with Crippen LogP contribution in [0, 0.1) is 0 Å². The Bertz CT molecular complexity index is 2710. The first-order valence-corrected chi connectivity index (χ1v) is 25.3. The summed E-state index contributed by atoms with van der Waals surface area (Å²) in [6.07, 6.45) is 11.5. The fourth-order valence-corrected chi connectivity index (χ4v) is 11.1. The molecule has 0 fully saturated rings. The van der Waals surface area contributed by atoms with Crippen molar-refractivity contribution in [3.05, 3.63) is 155 Å². The van der Waals surface area contributed by atoms with E-state index in [0.29, 0.717) is 53.8 Å². The largest absolute Gasteiger partial charge is 0.598 e.